The first-order chi connectivity index (χ1) is 13.9. The normalized spacial score (nSPS) is 15.8. The Balaban J connectivity index is 1.82. The fourth-order valence-corrected chi connectivity index (χ4v) is 3.72. The molecule has 2 amide bonds. The molecule has 29 heavy (non-hydrogen) atoms. The van der Waals surface area contributed by atoms with Gasteiger partial charge in [0, 0.05) is 39.3 Å². The van der Waals surface area contributed by atoms with Gasteiger partial charge < -0.3 is 25.3 Å². The number of guanidine groups is 1. The molecule has 0 saturated heterocycles. The Labute approximate surface area is 173 Å². The summed E-state index contributed by atoms with van der Waals surface area (Å²) in [6, 6.07) is 1.77. The van der Waals surface area contributed by atoms with Crippen molar-refractivity contribution in [3.8, 4) is 0 Å². The number of nitrogens with one attached hydrogen (secondary N) is 3. The van der Waals surface area contributed by atoms with Crippen molar-refractivity contribution in [2.75, 3.05) is 40.3 Å². The highest BCUT2D eigenvalue weighted by molar-refractivity contribution is 5.92. The zero-order valence-electron chi connectivity index (χ0n) is 18.1. The van der Waals surface area contributed by atoms with Gasteiger partial charge in [-0.05, 0) is 39.2 Å². The van der Waals surface area contributed by atoms with E-state index in [4.69, 9.17) is 9.41 Å². The van der Waals surface area contributed by atoms with Crippen LogP contribution in [0.5, 0.6) is 0 Å². The molecule has 1 fully saturated rings. The van der Waals surface area contributed by atoms with Gasteiger partial charge in [0.1, 0.15) is 0 Å². The van der Waals surface area contributed by atoms with Crippen molar-refractivity contribution in [3.05, 3.63) is 23.7 Å². The molecule has 0 radical (unpaired) electrons. The Morgan fingerprint density at radius 3 is 2.45 bits per heavy atom. The molecule has 0 unspecified atom stereocenters. The molecule has 1 aromatic rings. The van der Waals surface area contributed by atoms with Crippen molar-refractivity contribution in [3.63, 3.8) is 0 Å². The number of carbonyl (C=O) groups excluding carboxylic acids is 2. The molecule has 1 aliphatic rings. The van der Waals surface area contributed by atoms with E-state index in [-0.39, 0.29) is 17.2 Å². The molecule has 8 nitrogen and oxygen atoms in total. The average molecular weight is 406 g/mol. The monoisotopic (exact) mass is 405 g/mol. The third-order valence-corrected chi connectivity index (χ3v) is 5.30. The van der Waals surface area contributed by atoms with Crippen LogP contribution in [0.15, 0.2) is 21.7 Å². The highest BCUT2D eigenvalue weighted by atomic mass is 16.3. The molecule has 8 heteroatoms. The fourth-order valence-electron chi connectivity index (χ4n) is 3.72. The molecular formula is C21H35N5O3. The number of aryl methyl sites for hydroxylation is 1. The van der Waals surface area contributed by atoms with Crippen LogP contribution in [0.1, 0.15) is 55.1 Å². The van der Waals surface area contributed by atoms with Gasteiger partial charge in [-0.2, -0.15) is 0 Å². The van der Waals surface area contributed by atoms with E-state index in [0.29, 0.717) is 31.4 Å². The van der Waals surface area contributed by atoms with Gasteiger partial charge in [0.25, 0.3) is 5.91 Å². The maximum absolute atomic E-state index is 12.7. The standard InChI is InChI=1S/C21H35N5O3/c1-5-22-20(25-15-21(10-6-7-11-21)19(28)26(3)4)24-13-8-12-23-18(27)17-16(2)9-14-29-17/h9,14H,5-8,10-13,15H2,1-4H3,(H,23,27)(H2,22,24,25). The molecule has 1 heterocycles. The van der Waals surface area contributed by atoms with Gasteiger partial charge >= 0.3 is 0 Å². The smallest absolute Gasteiger partial charge is 0.287 e. The highest BCUT2D eigenvalue weighted by Crippen LogP contribution is 2.39. The van der Waals surface area contributed by atoms with Gasteiger partial charge in [0.05, 0.1) is 18.2 Å². The number of hydrogen-bond donors (Lipinski definition) is 3. The first-order valence-corrected chi connectivity index (χ1v) is 10.5. The van der Waals surface area contributed by atoms with Gasteiger partial charge in [-0.15, -0.1) is 0 Å². The summed E-state index contributed by atoms with van der Waals surface area (Å²) >= 11 is 0. The SMILES string of the molecule is CCNC(=NCC1(C(=O)N(C)C)CCCC1)NCCCNC(=O)c1occc1C. The molecule has 0 aliphatic heterocycles. The fraction of sp³-hybridized carbons (Fsp3) is 0.667. The predicted molar refractivity (Wildman–Crippen MR) is 114 cm³/mol. The van der Waals surface area contributed by atoms with E-state index in [1.165, 1.54) is 6.26 Å². The van der Waals surface area contributed by atoms with Crippen molar-refractivity contribution >= 4 is 17.8 Å². The topological polar surface area (TPSA) is 99.0 Å². The number of carbonyl (C=O) groups is 2. The minimum atomic E-state index is -0.374. The van der Waals surface area contributed by atoms with Crippen LogP contribution < -0.4 is 16.0 Å². The first kappa shape index (κ1) is 22.8. The maximum atomic E-state index is 12.7. The molecule has 0 spiro atoms. The number of nitrogens with zero attached hydrogens (tertiary/aromatic N) is 2. The largest absolute Gasteiger partial charge is 0.459 e. The second kappa shape index (κ2) is 10.9. The van der Waals surface area contributed by atoms with E-state index < -0.39 is 0 Å². The summed E-state index contributed by atoms with van der Waals surface area (Å²) < 4.78 is 5.19. The van der Waals surface area contributed by atoms with E-state index in [1.807, 2.05) is 27.9 Å². The number of rotatable bonds is 9. The lowest BCUT2D eigenvalue weighted by atomic mass is 9.85. The van der Waals surface area contributed by atoms with Crippen molar-refractivity contribution in [1.82, 2.24) is 20.9 Å². The van der Waals surface area contributed by atoms with E-state index in [0.717, 1.165) is 44.2 Å². The number of furan rings is 1. The molecule has 2 rings (SSSR count). The third-order valence-electron chi connectivity index (χ3n) is 5.30. The summed E-state index contributed by atoms with van der Waals surface area (Å²) in [4.78, 5) is 31.1. The minimum Gasteiger partial charge on any atom is -0.459 e. The second-order valence-corrected chi connectivity index (χ2v) is 7.85. The van der Waals surface area contributed by atoms with Crippen LogP contribution >= 0.6 is 0 Å². The van der Waals surface area contributed by atoms with E-state index in [9.17, 15) is 9.59 Å². The Hall–Kier alpha value is -2.51. The summed E-state index contributed by atoms with van der Waals surface area (Å²) in [5.41, 5.74) is 0.455. The lowest BCUT2D eigenvalue weighted by Crippen LogP contribution is -2.43. The summed E-state index contributed by atoms with van der Waals surface area (Å²) in [6.45, 7) is 6.30. The quantitative estimate of drug-likeness (QED) is 0.331. The van der Waals surface area contributed by atoms with E-state index >= 15 is 0 Å². The molecular weight excluding hydrogens is 370 g/mol. The summed E-state index contributed by atoms with van der Waals surface area (Å²) in [5.74, 6) is 1.04. The summed E-state index contributed by atoms with van der Waals surface area (Å²) in [5, 5.41) is 9.38. The summed E-state index contributed by atoms with van der Waals surface area (Å²) in [6.07, 6.45) is 6.21. The number of amides is 2. The van der Waals surface area contributed by atoms with Crippen molar-refractivity contribution in [1.29, 1.82) is 0 Å². The number of hydrogen-bond acceptors (Lipinski definition) is 4. The number of aliphatic imine (C=N–C) groups is 1. The van der Waals surface area contributed by atoms with Crippen LogP contribution in [0.2, 0.25) is 0 Å². The minimum absolute atomic E-state index is 0.172. The zero-order chi connectivity index (χ0) is 21.3. The molecule has 0 bridgehead atoms. The molecule has 1 aliphatic carbocycles. The van der Waals surface area contributed by atoms with Gasteiger partial charge in [0.15, 0.2) is 11.7 Å². The third kappa shape index (κ3) is 6.24. The van der Waals surface area contributed by atoms with Gasteiger partial charge in [-0.3, -0.25) is 14.6 Å². The molecule has 1 saturated carbocycles. The first-order valence-electron chi connectivity index (χ1n) is 10.5. The molecule has 1 aromatic heterocycles. The Bertz CT molecular complexity index is 705. The van der Waals surface area contributed by atoms with Crippen LogP contribution in [0.25, 0.3) is 0 Å². The molecule has 0 aromatic carbocycles. The molecule has 0 atom stereocenters. The average Bonchev–Trinajstić information content (AvgIpc) is 3.34. The van der Waals surface area contributed by atoms with E-state index in [2.05, 4.69) is 16.0 Å². The van der Waals surface area contributed by atoms with Crippen molar-refractivity contribution < 1.29 is 14.0 Å². The van der Waals surface area contributed by atoms with Crippen molar-refractivity contribution in [2.24, 2.45) is 10.4 Å². The van der Waals surface area contributed by atoms with Crippen LogP contribution in [0, 0.1) is 12.3 Å². The molecule has 3 N–H and O–H groups in total. The van der Waals surface area contributed by atoms with Crippen molar-refractivity contribution in [2.45, 2.75) is 46.0 Å². The molecule has 162 valence electrons. The highest BCUT2D eigenvalue weighted by Gasteiger charge is 2.42. The Morgan fingerprint density at radius 2 is 1.86 bits per heavy atom. The zero-order valence-corrected chi connectivity index (χ0v) is 18.1. The van der Waals surface area contributed by atoms with Gasteiger partial charge in [-0.1, -0.05) is 12.8 Å². The van der Waals surface area contributed by atoms with Crippen LogP contribution in [0.3, 0.4) is 0 Å². The summed E-state index contributed by atoms with van der Waals surface area (Å²) in [7, 11) is 3.63. The van der Waals surface area contributed by atoms with E-state index in [1.54, 1.807) is 11.0 Å². The van der Waals surface area contributed by atoms with Gasteiger partial charge in [-0.25, -0.2) is 0 Å². The predicted octanol–water partition coefficient (Wildman–Crippen LogP) is 1.91. The Morgan fingerprint density at radius 1 is 1.17 bits per heavy atom. The second-order valence-electron chi connectivity index (χ2n) is 7.85. The maximum Gasteiger partial charge on any atom is 0.287 e. The van der Waals surface area contributed by atoms with Crippen LogP contribution in [0.4, 0.5) is 0 Å². The Kier molecular flexibility index (Phi) is 8.54. The van der Waals surface area contributed by atoms with Crippen LogP contribution in [-0.2, 0) is 4.79 Å². The van der Waals surface area contributed by atoms with Gasteiger partial charge in [0.2, 0.25) is 5.91 Å². The van der Waals surface area contributed by atoms with Crippen LogP contribution in [-0.4, -0.2) is 62.9 Å². The lowest BCUT2D eigenvalue weighted by Gasteiger charge is -2.29. The lowest BCUT2D eigenvalue weighted by molar-refractivity contribution is -0.138.